The van der Waals surface area contributed by atoms with Crippen molar-refractivity contribution in [3.8, 4) is 11.1 Å². The summed E-state index contributed by atoms with van der Waals surface area (Å²) in [6.07, 6.45) is -1.16. The largest absolute Gasteiger partial charge is 0.416 e. The summed E-state index contributed by atoms with van der Waals surface area (Å²) >= 11 is 0. The summed E-state index contributed by atoms with van der Waals surface area (Å²) in [7, 11) is 0. The molecule has 2 saturated heterocycles. The lowest BCUT2D eigenvalue weighted by Gasteiger charge is -2.35. The van der Waals surface area contributed by atoms with E-state index in [4.69, 9.17) is 0 Å². The molecule has 2 amide bonds. The fourth-order valence-corrected chi connectivity index (χ4v) is 5.26. The normalized spacial score (nSPS) is 17.8. The van der Waals surface area contributed by atoms with Crippen molar-refractivity contribution in [2.75, 3.05) is 22.9 Å². The van der Waals surface area contributed by atoms with Gasteiger partial charge in [0.1, 0.15) is 0 Å². The van der Waals surface area contributed by atoms with Gasteiger partial charge in [0.05, 0.1) is 16.9 Å². The fourth-order valence-electron chi connectivity index (χ4n) is 5.26. The second-order valence-electron chi connectivity index (χ2n) is 12.7. The number of hydrogen-bond acceptors (Lipinski definition) is 2. The van der Waals surface area contributed by atoms with Crippen LogP contribution in [0.15, 0.2) is 30.3 Å². The van der Waals surface area contributed by atoms with Gasteiger partial charge in [0.15, 0.2) is 0 Å². The highest BCUT2D eigenvalue weighted by Gasteiger charge is 2.37. The molecule has 0 aromatic heterocycles. The topological polar surface area (TPSA) is 40.6 Å². The average molecular weight is 529 g/mol. The molecule has 0 N–H and O–H groups in total. The van der Waals surface area contributed by atoms with Gasteiger partial charge in [0.25, 0.3) is 0 Å². The number of rotatable bonds is 3. The molecule has 2 heterocycles. The molecule has 2 aromatic carbocycles. The quantitative estimate of drug-likeness (QED) is 0.405. The number of halogens is 3. The van der Waals surface area contributed by atoms with E-state index in [0.29, 0.717) is 44.3 Å². The maximum Gasteiger partial charge on any atom is 0.416 e. The van der Waals surface area contributed by atoms with Crippen molar-refractivity contribution in [3.05, 3.63) is 47.0 Å². The lowest BCUT2D eigenvalue weighted by molar-refractivity contribution is -0.137. The minimum Gasteiger partial charge on any atom is -0.312 e. The molecule has 4 rings (SSSR count). The Morgan fingerprint density at radius 3 is 1.37 bits per heavy atom. The number of nitrogens with zero attached hydrogens (tertiary/aromatic N) is 2. The summed E-state index contributed by atoms with van der Waals surface area (Å²) in [4.78, 5) is 29.2. The summed E-state index contributed by atoms with van der Waals surface area (Å²) in [6, 6.07) is 8.42. The number of hydrogen-bond donors (Lipinski definition) is 0. The zero-order valence-electron chi connectivity index (χ0n) is 23.4. The molecule has 0 aliphatic carbocycles. The highest BCUT2D eigenvalue weighted by Crippen LogP contribution is 2.47. The zero-order valence-corrected chi connectivity index (χ0v) is 23.4. The van der Waals surface area contributed by atoms with E-state index in [2.05, 4.69) is 47.6 Å². The molecule has 0 unspecified atom stereocenters. The highest BCUT2D eigenvalue weighted by atomic mass is 19.4. The van der Waals surface area contributed by atoms with Crippen molar-refractivity contribution in [1.29, 1.82) is 0 Å². The first kappa shape index (κ1) is 28.2. The molecule has 2 aliphatic heterocycles. The number of amides is 2. The van der Waals surface area contributed by atoms with Crippen LogP contribution in [-0.2, 0) is 26.6 Å². The second-order valence-corrected chi connectivity index (χ2v) is 12.7. The Balaban J connectivity index is 2.12. The molecule has 0 saturated carbocycles. The average Bonchev–Trinajstić information content (AvgIpc) is 2.82. The maximum absolute atomic E-state index is 14.2. The minimum atomic E-state index is -4.62. The number of carbonyl (C=O) groups excluding carboxylic acids is 2. The van der Waals surface area contributed by atoms with Crippen molar-refractivity contribution in [2.24, 2.45) is 0 Å². The summed E-state index contributed by atoms with van der Waals surface area (Å²) in [5.74, 6) is -0.369. The Kier molecular flexibility index (Phi) is 7.45. The second kappa shape index (κ2) is 10.0. The summed E-state index contributed by atoms with van der Waals surface area (Å²) < 4.78 is 42.7. The van der Waals surface area contributed by atoms with Gasteiger partial charge in [-0.15, -0.1) is 0 Å². The molecule has 2 aromatic rings. The van der Waals surface area contributed by atoms with Gasteiger partial charge in [0, 0.05) is 31.5 Å². The van der Waals surface area contributed by atoms with Crippen LogP contribution in [0.5, 0.6) is 0 Å². The van der Waals surface area contributed by atoms with Crippen LogP contribution in [0.25, 0.3) is 11.1 Å². The van der Waals surface area contributed by atoms with Crippen molar-refractivity contribution >= 4 is 23.2 Å². The van der Waals surface area contributed by atoms with Gasteiger partial charge < -0.3 is 9.80 Å². The predicted octanol–water partition coefficient (Wildman–Crippen LogP) is 8.00. The van der Waals surface area contributed by atoms with Crippen LogP contribution >= 0.6 is 0 Å². The van der Waals surface area contributed by atoms with E-state index in [1.807, 2.05) is 12.1 Å². The van der Waals surface area contributed by atoms with E-state index in [-0.39, 0.29) is 34.0 Å². The Morgan fingerprint density at radius 2 is 1.03 bits per heavy atom. The predicted molar refractivity (Wildman–Crippen MR) is 147 cm³/mol. The molecule has 0 bridgehead atoms. The Bertz CT molecular complexity index is 1150. The van der Waals surface area contributed by atoms with E-state index in [1.165, 1.54) is 9.80 Å². The van der Waals surface area contributed by atoms with E-state index >= 15 is 0 Å². The van der Waals surface area contributed by atoms with Gasteiger partial charge in [0.2, 0.25) is 11.8 Å². The molecule has 2 fully saturated rings. The Hall–Kier alpha value is -2.83. The summed E-state index contributed by atoms with van der Waals surface area (Å²) in [5, 5.41) is 0. The molecule has 2 aliphatic rings. The first-order valence-corrected chi connectivity index (χ1v) is 13.6. The SMILES string of the molecule is CC(C)(C)c1cc(-c2c(N3CCCCC3=O)cc(C(F)(F)F)cc2N2CCCCC2=O)cc(C(C)(C)C)c1. The Labute approximate surface area is 224 Å². The number of alkyl halides is 3. The van der Waals surface area contributed by atoms with Crippen molar-refractivity contribution in [3.63, 3.8) is 0 Å². The molecule has 4 nitrogen and oxygen atoms in total. The van der Waals surface area contributed by atoms with E-state index in [9.17, 15) is 22.8 Å². The van der Waals surface area contributed by atoms with Crippen LogP contribution in [0.4, 0.5) is 24.5 Å². The van der Waals surface area contributed by atoms with Gasteiger partial charge in [-0.2, -0.15) is 13.2 Å². The zero-order chi connectivity index (χ0) is 28.0. The van der Waals surface area contributed by atoms with E-state index < -0.39 is 11.7 Å². The van der Waals surface area contributed by atoms with Gasteiger partial charge >= 0.3 is 6.18 Å². The molecule has 206 valence electrons. The van der Waals surface area contributed by atoms with Gasteiger partial charge in [-0.3, -0.25) is 9.59 Å². The summed E-state index contributed by atoms with van der Waals surface area (Å²) in [6.45, 7) is 13.3. The Morgan fingerprint density at radius 1 is 0.605 bits per heavy atom. The van der Waals surface area contributed by atoms with Crippen molar-refractivity contribution in [2.45, 2.75) is 97.1 Å². The monoisotopic (exact) mass is 528 g/mol. The van der Waals surface area contributed by atoms with Crippen molar-refractivity contribution in [1.82, 2.24) is 0 Å². The van der Waals surface area contributed by atoms with Crippen LogP contribution in [0.1, 0.15) is 96.8 Å². The number of benzene rings is 2. The van der Waals surface area contributed by atoms with Crippen molar-refractivity contribution < 1.29 is 22.8 Å². The molecule has 0 atom stereocenters. The molecule has 38 heavy (non-hydrogen) atoms. The molecule has 7 heteroatoms. The van der Waals surface area contributed by atoms with Crippen LogP contribution in [0.2, 0.25) is 0 Å². The molecular formula is C31H39F3N2O2. The smallest absolute Gasteiger partial charge is 0.312 e. The first-order chi connectivity index (χ1) is 17.6. The lowest BCUT2D eigenvalue weighted by Crippen LogP contribution is -2.38. The summed E-state index contributed by atoms with van der Waals surface area (Å²) in [5.41, 5.74) is 2.56. The maximum atomic E-state index is 14.2. The number of piperidine rings is 2. The van der Waals surface area contributed by atoms with E-state index in [1.54, 1.807) is 0 Å². The van der Waals surface area contributed by atoms with Gasteiger partial charge in [-0.25, -0.2) is 0 Å². The molecule has 0 radical (unpaired) electrons. The van der Waals surface area contributed by atoms with Gasteiger partial charge in [-0.1, -0.05) is 59.7 Å². The fraction of sp³-hybridized carbons (Fsp3) is 0.548. The third-order valence-electron chi connectivity index (χ3n) is 7.61. The third-order valence-corrected chi connectivity index (χ3v) is 7.61. The first-order valence-electron chi connectivity index (χ1n) is 13.6. The molecular weight excluding hydrogens is 489 g/mol. The van der Waals surface area contributed by atoms with Gasteiger partial charge in [-0.05, 0) is 65.3 Å². The van der Waals surface area contributed by atoms with Crippen LogP contribution in [0, 0.1) is 0 Å². The van der Waals surface area contributed by atoms with E-state index in [0.717, 1.165) is 41.7 Å². The lowest BCUT2D eigenvalue weighted by atomic mass is 9.78. The third kappa shape index (κ3) is 5.76. The van der Waals surface area contributed by atoms with Crippen LogP contribution in [-0.4, -0.2) is 24.9 Å². The number of anilines is 2. The number of carbonyl (C=O) groups is 2. The standard InChI is InChI=1S/C31H39F3N2O2/c1-29(2,3)21-15-20(16-22(17-21)30(4,5)6)28-24(35-13-9-7-11-26(35)37)18-23(31(32,33)34)19-25(28)36-14-10-8-12-27(36)38/h15-19H,7-14H2,1-6H3. The van der Waals surface area contributed by atoms with Crippen LogP contribution in [0.3, 0.4) is 0 Å². The highest BCUT2D eigenvalue weighted by molar-refractivity contribution is 6.06. The molecule has 0 spiro atoms. The van der Waals surface area contributed by atoms with Crippen LogP contribution < -0.4 is 9.80 Å². The minimum absolute atomic E-state index is 0.184.